The fourth-order valence-corrected chi connectivity index (χ4v) is 1.68. The molecule has 4 nitrogen and oxygen atoms in total. The first-order valence-electron chi connectivity index (χ1n) is 5.61. The fourth-order valence-electron chi connectivity index (χ4n) is 1.68. The zero-order valence-corrected chi connectivity index (χ0v) is 10.3. The number of nitrogens with one attached hydrogen (secondary N) is 1. The molecule has 0 aliphatic carbocycles. The molecule has 1 atom stereocenters. The van der Waals surface area contributed by atoms with E-state index in [1.165, 1.54) is 0 Å². The molecule has 1 heterocycles. The molecule has 17 heavy (non-hydrogen) atoms. The van der Waals surface area contributed by atoms with Crippen molar-refractivity contribution in [3.63, 3.8) is 0 Å². The minimum absolute atomic E-state index is 0.290. The van der Waals surface area contributed by atoms with Gasteiger partial charge in [0.05, 0.1) is 13.3 Å². The molecule has 0 fully saturated rings. The van der Waals surface area contributed by atoms with E-state index in [-0.39, 0.29) is 0 Å². The number of para-hydroxylation sites is 2. The minimum Gasteiger partial charge on any atom is -0.494 e. The second-order valence-electron chi connectivity index (χ2n) is 3.90. The van der Waals surface area contributed by atoms with Crippen LogP contribution in [0, 0.1) is 0 Å². The number of hydrogen-bond donors (Lipinski definition) is 1. The van der Waals surface area contributed by atoms with Gasteiger partial charge in [-0.1, -0.05) is 12.1 Å². The molecule has 0 amide bonds. The maximum Gasteiger partial charge on any atom is 0.144 e. The van der Waals surface area contributed by atoms with E-state index < -0.39 is 0 Å². The standard InChI is InChI=1S/C13H17N3O/c1-10(14-2)11-8-15-16(9-11)12-6-4-5-7-13(12)17-3/h4-10,14H,1-3H3. The third kappa shape index (κ3) is 2.31. The first-order valence-corrected chi connectivity index (χ1v) is 5.61. The molecule has 0 radical (unpaired) electrons. The zero-order chi connectivity index (χ0) is 12.3. The summed E-state index contributed by atoms with van der Waals surface area (Å²) in [5, 5.41) is 7.55. The summed E-state index contributed by atoms with van der Waals surface area (Å²) in [7, 11) is 3.60. The van der Waals surface area contributed by atoms with Crippen molar-refractivity contribution in [3.8, 4) is 11.4 Å². The predicted octanol–water partition coefficient (Wildman–Crippen LogP) is 2.16. The topological polar surface area (TPSA) is 39.1 Å². The van der Waals surface area contributed by atoms with Gasteiger partial charge in [0.25, 0.3) is 0 Å². The van der Waals surface area contributed by atoms with Gasteiger partial charge in [0.2, 0.25) is 0 Å². The summed E-state index contributed by atoms with van der Waals surface area (Å²) in [4.78, 5) is 0. The molecule has 1 N–H and O–H groups in total. The maximum atomic E-state index is 5.32. The van der Waals surface area contributed by atoms with Crippen LogP contribution in [0.3, 0.4) is 0 Å². The number of rotatable bonds is 4. The van der Waals surface area contributed by atoms with E-state index in [9.17, 15) is 0 Å². The average Bonchev–Trinajstić information content (AvgIpc) is 2.87. The van der Waals surface area contributed by atoms with Crippen LogP contribution < -0.4 is 10.1 Å². The number of hydrogen-bond acceptors (Lipinski definition) is 3. The number of ether oxygens (including phenoxy) is 1. The van der Waals surface area contributed by atoms with Crippen molar-refractivity contribution in [2.45, 2.75) is 13.0 Å². The Morgan fingerprint density at radius 2 is 2.12 bits per heavy atom. The van der Waals surface area contributed by atoms with Crippen LogP contribution in [0.2, 0.25) is 0 Å². The molecule has 2 rings (SSSR count). The lowest BCUT2D eigenvalue weighted by Gasteiger charge is -2.08. The molecule has 90 valence electrons. The van der Waals surface area contributed by atoms with Crippen LogP contribution in [0.4, 0.5) is 0 Å². The quantitative estimate of drug-likeness (QED) is 0.876. The molecular formula is C13H17N3O. The third-order valence-corrected chi connectivity index (χ3v) is 2.87. The molecule has 0 aliphatic heterocycles. The van der Waals surface area contributed by atoms with Gasteiger partial charge in [0, 0.05) is 17.8 Å². The minimum atomic E-state index is 0.290. The van der Waals surface area contributed by atoms with Crippen LogP contribution in [0.25, 0.3) is 5.69 Å². The predicted molar refractivity (Wildman–Crippen MR) is 67.6 cm³/mol. The molecule has 1 aromatic carbocycles. The Morgan fingerprint density at radius 1 is 1.35 bits per heavy atom. The molecule has 0 bridgehead atoms. The molecular weight excluding hydrogens is 214 g/mol. The monoisotopic (exact) mass is 231 g/mol. The van der Waals surface area contributed by atoms with E-state index in [2.05, 4.69) is 17.3 Å². The van der Waals surface area contributed by atoms with Gasteiger partial charge in [-0.25, -0.2) is 4.68 Å². The summed E-state index contributed by atoms with van der Waals surface area (Å²) < 4.78 is 7.15. The van der Waals surface area contributed by atoms with Crippen molar-refractivity contribution in [1.29, 1.82) is 0 Å². The summed E-state index contributed by atoms with van der Waals surface area (Å²) >= 11 is 0. The number of methoxy groups -OCH3 is 1. The fraction of sp³-hybridized carbons (Fsp3) is 0.308. The van der Waals surface area contributed by atoms with Gasteiger partial charge >= 0.3 is 0 Å². The molecule has 1 aromatic heterocycles. The van der Waals surface area contributed by atoms with E-state index in [1.54, 1.807) is 7.11 Å². The van der Waals surface area contributed by atoms with Crippen molar-refractivity contribution in [3.05, 3.63) is 42.2 Å². The van der Waals surface area contributed by atoms with E-state index in [1.807, 2.05) is 48.4 Å². The Morgan fingerprint density at radius 3 is 2.82 bits per heavy atom. The highest BCUT2D eigenvalue weighted by Crippen LogP contribution is 2.22. The van der Waals surface area contributed by atoms with E-state index >= 15 is 0 Å². The first kappa shape index (κ1) is 11.7. The average molecular weight is 231 g/mol. The summed E-state index contributed by atoms with van der Waals surface area (Å²) in [5.41, 5.74) is 2.10. The maximum absolute atomic E-state index is 5.32. The van der Waals surface area contributed by atoms with Gasteiger partial charge < -0.3 is 10.1 Å². The van der Waals surface area contributed by atoms with Gasteiger partial charge in [0.1, 0.15) is 11.4 Å². The second-order valence-corrected chi connectivity index (χ2v) is 3.90. The third-order valence-electron chi connectivity index (χ3n) is 2.87. The van der Waals surface area contributed by atoms with Crippen molar-refractivity contribution in [2.75, 3.05) is 14.2 Å². The number of benzene rings is 1. The van der Waals surface area contributed by atoms with Crippen LogP contribution in [-0.2, 0) is 0 Å². The zero-order valence-electron chi connectivity index (χ0n) is 10.3. The second kappa shape index (κ2) is 5.01. The van der Waals surface area contributed by atoms with Crippen LogP contribution in [0.5, 0.6) is 5.75 Å². The van der Waals surface area contributed by atoms with Crippen LogP contribution >= 0.6 is 0 Å². The molecule has 0 aliphatic rings. The van der Waals surface area contributed by atoms with Crippen molar-refractivity contribution in [2.24, 2.45) is 0 Å². The molecule has 0 saturated heterocycles. The van der Waals surface area contributed by atoms with E-state index in [4.69, 9.17) is 4.74 Å². The molecule has 0 saturated carbocycles. The molecule has 1 unspecified atom stereocenters. The van der Waals surface area contributed by atoms with E-state index in [0.717, 1.165) is 17.0 Å². The lowest BCUT2D eigenvalue weighted by Crippen LogP contribution is -2.11. The van der Waals surface area contributed by atoms with Crippen LogP contribution in [-0.4, -0.2) is 23.9 Å². The molecule has 2 aromatic rings. The number of nitrogens with zero attached hydrogens (tertiary/aromatic N) is 2. The highest BCUT2D eigenvalue weighted by atomic mass is 16.5. The van der Waals surface area contributed by atoms with Gasteiger partial charge in [0.15, 0.2) is 0 Å². The van der Waals surface area contributed by atoms with Gasteiger partial charge in [-0.2, -0.15) is 5.10 Å². The smallest absolute Gasteiger partial charge is 0.144 e. The summed E-state index contributed by atoms with van der Waals surface area (Å²) in [6.07, 6.45) is 3.88. The van der Waals surface area contributed by atoms with Crippen molar-refractivity contribution < 1.29 is 4.74 Å². The van der Waals surface area contributed by atoms with Gasteiger partial charge in [-0.05, 0) is 26.1 Å². The molecule has 0 spiro atoms. The molecule has 4 heteroatoms. The normalized spacial score (nSPS) is 12.4. The lowest BCUT2D eigenvalue weighted by molar-refractivity contribution is 0.411. The van der Waals surface area contributed by atoms with Gasteiger partial charge in [-0.15, -0.1) is 0 Å². The Kier molecular flexibility index (Phi) is 3.44. The summed E-state index contributed by atoms with van der Waals surface area (Å²) in [6.45, 7) is 2.10. The Balaban J connectivity index is 2.37. The SMILES string of the molecule is CNC(C)c1cnn(-c2ccccc2OC)c1. The number of aromatic nitrogens is 2. The Labute approximate surface area is 101 Å². The lowest BCUT2D eigenvalue weighted by atomic mass is 10.2. The Bertz CT molecular complexity index is 493. The van der Waals surface area contributed by atoms with E-state index in [0.29, 0.717) is 6.04 Å². The highest BCUT2D eigenvalue weighted by molar-refractivity contribution is 5.46. The van der Waals surface area contributed by atoms with Gasteiger partial charge in [-0.3, -0.25) is 0 Å². The van der Waals surface area contributed by atoms with Crippen molar-refractivity contribution >= 4 is 0 Å². The Hall–Kier alpha value is -1.81. The summed E-state index contributed by atoms with van der Waals surface area (Å²) in [5.74, 6) is 0.819. The van der Waals surface area contributed by atoms with Crippen LogP contribution in [0.15, 0.2) is 36.7 Å². The van der Waals surface area contributed by atoms with Crippen molar-refractivity contribution in [1.82, 2.24) is 15.1 Å². The first-order chi connectivity index (χ1) is 8.26. The highest BCUT2D eigenvalue weighted by Gasteiger charge is 2.09. The summed E-state index contributed by atoms with van der Waals surface area (Å²) in [6, 6.07) is 8.13. The largest absolute Gasteiger partial charge is 0.494 e. The van der Waals surface area contributed by atoms with Crippen LogP contribution in [0.1, 0.15) is 18.5 Å².